The highest BCUT2D eigenvalue weighted by atomic mass is 16.5. The number of morpholine rings is 1. The first kappa shape index (κ1) is 31.2. The number of nitrogens with two attached hydrogens (primary N) is 1. The molecule has 10 heteroatoms. The van der Waals surface area contributed by atoms with E-state index in [4.69, 9.17) is 24.7 Å². The van der Waals surface area contributed by atoms with Gasteiger partial charge in [0, 0.05) is 37.3 Å². The largest absolute Gasteiger partial charge is 0.493 e. The number of amides is 2. The van der Waals surface area contributed by atoms with Crippen molar-refractivity contribution in [3.8, 4) is 22.6 Å². The van der Waals surface area contributed by atoms with Gasteiger partial charge in [0.15, 0.2) is 11.5 Å². The fraction of sp³-hybridized carbons (Fsp3) is 0.412. The number of anilines is 2. The Hall–Kier alpha value is -4.28. The van der Waals surface area contributed by atoms with Gasteiger partial charge in [0.2, 0.25) is 0 Å². The van der Waals surface area contributed by atoms with E-state index < -0.39 is 6.09 Å². The van der Waals surface area contributed by atoms with E-state index in [-0.39, 0.29) is 18.0 Å². The number of hydrogen-bond acceptors (Lipinski definition) is 8. The molecule has 0 radical (unpaired) electrons. The normalized spacial score (nSPS) is 18.3. The molecule has 0 bridgehead atoms. The first-order valence-electron chi connectivity index (χ1n) is 15.1. The van der Waals surface area contributed by atoms with Crippen molar-refractivity contribution in [2.24, 2.45) is 5.73 Å². The van der Waals surface area contributed by atoms with Gasteiger partial charge in [0.05, 0.1) is 45.9 Å². The van der Waals surface area contributed by atoms with Gasteiger partial charge < -0.3 is 34.5 Å². The highest BCUT2D eigenvalue weighted by Crippen LogP contribution is 2.34. The monoisotopic (exact) mass is 602 g/mol. The predicted octanol–water partition coefficient (Wildman–Crippen LogP) is 5.30. The van der Waals surface area contributed by atoms with Crippen LogP contribution >= 0.6 is 0 Å². The second-order valence-corrected chi connectivity index (χ2v) is 11.2. The summed E-state index contributed by atoms with van der Waals surface area (Å²) in [6, 6.07) is 19.8. The van der Waals surface area contributed by atoms with E-state index in [2.05, 4.69) is 22.3 Å². The molecule has 2 amide bonds. The Morgan fingerprint density at radius 3 is 2.34 bits per heavy atom. The van der Waals surface area contributed by atoms with E-state index in [9.17, 15) is 9.59 Å². The number of methoxy groups -OCH3 is 3. The average molecular weight is 603 g/mol. The van der Waals surface area contributed by atoms with Crippen molar-refractivity contribution >= 4 is 23.4 Å². The minimum atomic E-state index is -0.526. The Balaban J connectivity index is 1.44. The number of benzene rings is 3. The van der Waals surface area contributed by atoms with Crippen molar-refractivity contribution in [1.29, 1.82) is 0 Å². The third-order valence-electron chi connectivity index (χ3n) is 8.46. The molecule has 44 heavy (non-hydrogen) atoms. The van der Waals surface area contributed by atoms with Crippen LogP contribution in [0.2, 0.25) is 0 Å². The fourth-order valence-electron chi connectivity index (χ4n) is 6.02. The van der Waals surface area contributed by atoms with Crippen LogP contribution in [0.1, 0.15) is 41.6 Å². The van der Waals surface area contributed by atoms with Gasteiger partial charge in [-0.1, -0.05) is 24.3 Å². The number of ether oxygens (including phenoxy) is 4. The minimum Gasteiger partial charge on any atom is -0.493 e. The van der Waals surface area contributed by atoms with Crippen molar-refractivity contribution < 1.29 is 28.5 Å². The van der Waals surface area contributed by atoms with Crippen molar-refractivity contribution in [3.05, 3.63) is 71.8 Å². The van der Waals surface area contributed by atoms with Crippen LogP contribution in [0.15, 0.2) is 60.7 Å². The maximum atomic E-state index is 14.0. The van der Waals surface area contributed by atoms with E-state index in [0.29, 0.717) is 42.5 Å². The van der Waals surface area contributed by atoms with Crippen LogP contribution in [0.3, 0.4) is 0 Å². The van der Waals surface area contributed by atoms with Crippen molar-refractivity contribution in [3.63, 3.8) is 0 Å². The molecule has 3 N–H and O–H groups in total. The smallest absolute Gasteiger partial charge is 0.411 e. The highest BCUT2D eigenvalue weighted by molar-refractivity contribution is 5.95. The van der Waals surface area contributed by atoms with Crippen LogP contribution in [0.5, 0.6) is 11.5 Å². The molecule has 0 unspecified atom stereocenters. The molecule has 1 aliphatic carbocycles. The first-order valence-corrected chi connectivity index (χ1v) is 15.1. The Morgan fingerprint density at radius 1 is 0.909 bits per heavy atom. The third kappa shape index (κ3) is 7.26. The van der Waals surface area contributed by atoms with Crippen molar-refractivity contribution in [2.75, 3.05) is 57.8 Å². The van der Waals surface area contributed by atoms with E-state index in [1.807, 2.05) is 35.2 Å². The number of nitrogens with zero attached hydrogens (tertiary/aromatic N) is 2. The molecule has 234 valence electrons. The Labute approximate surface area is 259 Å². The summed E-state index contributed by atoms with van der Waals surface area (Å²) in [5.74, 6) is 1.03. The SMILES string of the molecule is COC(=O)Nc1cc(-c2cccc(CN(C(=O)c3ccc(OC)c(OC)c3)C3CCC(N)CC3)c2)ccc1N1CCOCC1. The molecule has 1 heterocycles. The lowest BCUT2D eigenvalue weighted by molar-refractivity contribution is 0.0606. The molecular formula is C34H42N4O6. The molecule has 3 aromatic carbocycles. The van der Waals surface area contributed by atoms with E-state index >= 15 is 0 Å². The molecule has 3 aromatic rings. The summed E-state index contributed by atoms with van der Waals surface area (Å²) >= 11 is 0. The van der Waals surface area contributed by atoms with Crippen LogP contribution in [-0.4, -0.2) is 76.6 Å². The molecule has 2 aliphatic rings. The number of hydrogen-bond donors (Lipinski definition) is 2. The Kier molecular flexibility index (Phi) is 10.2. The quantitative estimate of drug-likeness (QED) is 0.339. The number of nitrogens with one attached hydrogen (secondary N) is 1. The first-order chi connectivity index (χ1) is 21.4. The van der Waals surface area contributed by atoms with Crippen LogP contribution in [-0.2, 0) is 16.0 Å². The summed E-state index contributed by atoms with van der Waals surface area (Å²) in [6.07, 6.45) is 2.94. The van der Waals surface area contributed by atoms with Gasteiger partial charge in [-0.15, -0.1) is 0 Å². The van der Waals surface area contributed by atoms with Crippen LogP contribution in [0.25, 0.3) is 11.1 Å². The van der Waals surface area contributed by atoms with Crippen LogP contribution < -0.4 is 25.4 Å². The second-order valence-electron chi connectivity index (χ2n) is 11.2. The lowest BCUT2D eigenvalue weighted by Crippen LogP contribution is -2.43. The van der Waals surface area contributed by atoms with Crippen LogP contribution in [0.4, 0.5) is 16.2 Å². The van der Waals surface area contributed by atoms with Gasteiger partial charge >= 0.3 is 6.09 Å². The van der Waals surface area contributed by atoms with Crippen molar-refractivity contribution in [1.82, 2.24) is 4.90 Å². The summed E-state index contributed by atoms with van der Waals surface area (Å²) in [7, 11) is 4.50. The zero-order chi connectivity index (χ0) is 31.1. The number of rotatable bonds is 9. The van der Waals surface area contributed by atoms with Gasteiger partial charge in [0.25, 0.3) is 5.91 Å². The average Bonchev–Trinajstić information content (AvgIpc) is 3.07. The molecular weight excluding hydrogens is 560 g/mol. The van der Waals surface area contributed by atoms with Crippen LogP contribution in [0, 0.1) is 0 Å². The molecule has 1 saturated carbocycles. The zero-order valence-electron chi connectivity index (χ0n) is 25.7. The van der Waals surface area contributed by atoms with E-state index in [1.54, 1.807) is 32.4 Å². The summed E-state index contributed by atoms with van der Waals surface area (Å²) in [5.41, 5.74) is 11.3. The number of carbonyl (C=O) groups excluding carboxylic acids is 2. The highest BCUT2D eigenvalue weighted by Gasteiger charge is 2.29. The maximum absolute atomic E-state index is 14.0. The Morgan fingerprint density at radius 2 is 1.64 bits per heavy atom. The van der Waals surface area contributed by atoms with Gasteiger partial charge in [-0.25, -0.2) is 4.79 Å². The van der Waals surface area contributed by atoms with E-state index in [1.165, 1.54) is 7.11 Å². The molecule has 10 nitrogen and oxygen atoms in total. The van der Waals surface area contributed by atoms with Crippen molar-refractivity contribution in [2.45, 2.75) is 44.3 Å². The maximum Gasteiger partial charge on any atom is 0.411 e. The summed E-state index contributed by atoms with van der Waals surface area (Å²) in [6.45, 7) is 3.18. The predicted molar refractivity (Wildman–Crippen MR) is 171 cm³/mol. The molecule has 0 spiro atoms. The zero-order valence-corrected chi connectivity index (χ0v) is 25.7. The second kappa shape index (κ2) is 14.5. The standard InChI is InChI=1S/C34H42N4O6/c1-41-31-14-8-26(21-32(31)42-2)33(39)38(28-11-9-27(35)10-12-28)22-23-5-4-6-24(19-23)25-7-13-30(37-15-17-44-18-16-37)29(20-25)36-34(40)43-3/h4-8,13-14,19-21,27-28H,9-12,15-18,22,35H2,1-3H3,(H,36,40). The minimum absolute atomic E-state index is 0.0590. The molecule has 0 atom stereocenters. The summed E-state index contributed by atoms with van der Waals surface area (Å²) in [4.78, 5) is 30.4. The molecule has 0 aromatic heterocycles. The third-order valence-corrected chi connectivity index (χ3v) is 8.46. The van der Waals surface area contributed by atoms with Gasteiger partial charge in [-0.2, -0.15) is 0 Å². The Bertz CT molecular complexity index is 1450. The van der Waals surface area contributed by atoms with Gasteiger partial charge in [-0.3, -0.25) is 10.1 Å². The van der Waals surface area contributed by atoms with E-state index in [0.717, 1.165) is 61.2 Å². The molecule has 1 saturated heterocycles. The van der Waals surface area contributed by atoms with Gasteiger partial charge in [0.1, 0.15) is 0 Å². The number of carbonyl (C=O) groups is 2. The fourth-order valence-corrected chi connectivity index (χ4v) is 6.02. The molecule has 1 aliphatic heterocycles. The summed E-state index contributed by atoms with van der Waals surface area (Å²) < 4.78 is 21.3. The molecule has 2 fully saturated rings. The lowest BCUT2D eigenvalue weighted by Gasteiger charge is -2.36. The summed E-state index contributed by atoms with van der Waals surface area (Å²) in [5, 5.41) is 2.89. The lowest BCUT2D eigenvalue weighted by atomic mass is 9.90. The van der Waals surface area contributed by atoms with Gasteiger partial charge in [-0.05, 0) is 78.8 Å². The molecule has 5 rings (SSSR count). The topological polar surface area (TPSA) is 116 Å².